The number of benzene rings is 1. The molecule has 1 aromatic carbocycles. The van der Waals surface area contributed by atoms with Gasteiger partial charge in [0.25, 0.3) is 0 Å². The molecule has 0 aromatic heterocycles. The molecule has 6 N–H and O–H groups in total. The predicted octanol–water partition coefficient (Wildman–Crippen LogP) is 1.65. The van der Waals surface area contributed by atoms with Crippen LogP contribution in [0, 0.1) is 5.92 Å². The van der Waals surface area contributed by atoms with Crippen LogP contribution in [0.15, 0.2) is 30.3 Å². The smallest absolute Gasteiger partial charge is 0.326 e. The minimum absolute atomic E-state index is 0.275. The number of amides is 3. The predicted molar refractivity (Wildman–Crippen MR) is 147 cm³/mol. The lowest BCUT2D eigenvalue weighted by molar-refractivity contribution is -0.143. The van der Waals surface area contributed by atoms with Crippen LogP contribution in [0.3, 0.4) is 0 Å². The lowest BCUT2D eigenvalue weighted by Gasteiger charge is -2.26. The largest absolute Gasteiger partial charge is 0.480 e. The fourth-order valence-corrected chi connectivity index (χ4v) is 4.40. The number of nitrogens with one attached hydrogen (secondary N) is 3. The van der Waals surface area contributed by atoms with Gasteiger partial charge in [0.05, 0.1) is 6.04 Å². The van der Waals surface area contributed by atoms with E-state index in [2.05, 4.69) is 16.0 Å². The molecule has 0 saturated carbocycles. The summed E-state index contributed by atoms with van der Waals surface area (Å²) in [6, 6.07) is 5.67. The molecule has 5 atom stereocenters. The molecule has 0 saturated heterocycles. The molecule has 1 aromatic rings. The Morgan fingerprint density at radius 3 is 1.86 bits per heavy atom. The van der Waals surface area contributed by atoms with Crippen LogP contribution in [0.2, 0.25) is 0 Å². The molecule has 0 aliphatic carbocycles. The molecule has 0 radical (unpaired) electrons. The van der Waals surface area contributed by atoms with Crippen LogP contribution < -0.4 is 21.7 Å². The Kier molecular flexibility index (Phi) is 15.2. The van der Waals surface area contributed by atoms with Gasteiger partial charge in [0, 0.05) is 0 Å². The van der Waals surface area contributed by atoms with Crippen LogP contribution in [0.5, 0.6) is 0 Å². The van der Waals surface area contributed by atoms with Crippen molar-refractivity contribution >= 4 is 47.2 Å². The Balaban J connectivity index is 2.93. The summed E-state index contributed by atoms with van der Waals surface area (Å²) in [6.45, 7) is 3.60. The van der Waals surface area contributed by atoms with Crippen molar-refractivity contribution in [2.75, 3.05) is 24.0 Å². The molecule has 0 spiro atoms. The van der Waals surface area contributed by atoms with Gasteiger partial charge in [-0.1, -0.05) is 50.6 Å². The number of hydrogen-bond acceptors (Lipinski definition) is 7. The lowest BCUT2D eigenvalue weighted by atomic mass is 9.98. The number of hydrogen-bond donors (Lipinski definition) is 5. The zero-order valence-electron chi connectivity index (χ0n) is 21.5. The summed E-state index contributed by atoms with van der Waals surface area (Å²) in [5.74, 6) is -1.70. The van der Waals surface area contributed by atoms with Crippen molar-refractivity contribution in [2.24, 2.45) is 11.7 Å². The normalized spacial score (nSPS) is 15.1. The second-order valence-electron chi connectivity index (χ2n) is 8.69. The van der Waals surface area contributed by atoms with Crippen molar-refractivity contribution in [2.45, 2.75) is 63.7 Å². The number of carboxylic acid groups (broad SMARTS) is 1. The van der Waals surface area contributed by atoms with Gasteiger partial charge in [-0.15, -0.1) is 0 Å². The fraction of sp³-hybridized carbons (Fsp3) is 0.600. The average molecular weight is 541 g/mol. The van der Waals surface area contributed by atoms with Crippen LogP contribution >= 0.6 is 23.5 Å². The van der Waals surface area contributed by atoms with Crippen molar-refractivity contribution in [1.29, 1.82) is 0 Å². The molecule has 0 fully saturated rings. The van der Waals surface area contributed by atoms with Gasteiger partial charge in [-0.2, -0.15) is 23.5 Å². The van der Waals surface area contributed by atoms with Crippen molar-refractivity contribution in [3.05, 3.63) is 35.9 Å². The van der Waals surface area contributed by atoms with Gasteiger partial charge in [-0.05, 0) is 54.8 Å². The Morgan fingerprint density at radius 1 is 0.889 bits per heavy atom. The van der Waals surface area contributed by atoms with E-state index >= 15 is 0 Å². The van der Waals surface area contributed by atoms with Crippen LogP contribution in [-0.4, -0.2) is 77.0 Å². The summed E-state index contributed by atoms with van der Waals surface area (Å²) in [7, 11) is 0. The van der Waals surface area contributed by atoms with E-state index in [1.807, 2.05) is 49.8 Å². The van der Waals surface area contributed by atoms with Crippen LogP contribution in [0.25, 0.3) is 0 Å². The number of carbonyl (C=O) groups excluding carboxylic acids is 3. The maximum atomic E-state index is 13.2. The van der Waals surface area contributed by atoms with Crippen molar-refractivity contribution in [3.63, 3.8) is 0 Å². The first-order chi connectivity index (χ1) is 17.1. The van der Waals surface area contributed by atoms with E-state index in [9.17, 15) is 24.3 Å². The Labute approximate surface area is 222 Å². The van der Waals surface area contributed by atoms with Gasteiger partial charge in [0.1, 0.15) is 18.1 Å². The highest BCUT2D eigenvalue weighted by Crippen LogP contribution is 2.10. The molecule has 11 heteroatoms. The second kappa shape index (κ2) is 17.3. The van der Waals surface area contributed by atoms with Crippen molar-refractivity contribution in [3.8, 4) is 0 Å². The molecule has 0 heterocycles. The zero-order valence-corrected chi connectivity index (χ0v) is 23.1. The maximum absolute atomic E-state index is 13.2. The molecule has 202 valence electrons. The highest BCUT2D eigenvalue weighted by molar-refractivity contribution is 7.98. The Morgan fingerprint density at radius 2 is 1.39 bits per heavy atom. The monoisotopic (exact) mass is 540 g/mol. The Hall–Kier alpha value is -2.24. The number of carbonyl (C=O) groups is 4. The number of aliphatic carboxylic acids is 1. The molecule has 3 amide bonds. The summed E-state index contributed by atoms with van der Waals surface area (Å²) >= 11 is 3.04. The maximum Gasteiger partial charge on any atom is 0.326 e. The summed E-state index contributed by atoms with van der Waals surface area (Å²) in [5.41, 5.74) is 7.01. The summed E-state index contributed by atoms with van der Waals surface area (Å²) in [4.78, 5) is 50.6. The molecular formula is C25H40N4O5S2. The standard InChI is InChI=1S/C25H40N4O5S2/c1-5-16(2)21(25(33)34)29-24(32)20(12-14-36-4)28-23(31)19(11-13-35-3)27-22(30)18(26)15-17-9-7-6-8-10-17/h6-10,16,18-21H,5,11-15,26H2,1-4H3,(H,27,30)(H,28,31)(H,29,32)(H,33,34). The van der Waals surface area contributed by atoms with E-state index in [1.165, 1.54) is 23.5 Å². The fourth-order valence-electron chi connectivity index (χ4n) is 3.46. The third kappa shape index (κ3) is 11.2. The van der Waals surface area contributed by atoms with Crippen LogP contribution in [0.4, 0.5) is 0 Å². The quantitative estimate of drug-likeness (QED) is 0.200. The minimum Gasteiger partial charge on any atom is -0.480 e. The summed E-state index contributed by atoms with van der Waals surface area (Å²) in [5, 5.41) is 17.6. The lowest BCUT2D eigenvalue weighted by Crippen LogP contribution is -2.58. The molecule has 9 nitrogen and oxygen atoms in total. The molecule has 1 rings (SSSR count). The van der Waals surface area contributed by atoms with Gasteiger partial charge in [0.15, 0.2) is 0 Å². The number of carboxylic acids is 1. The Bertz CT molecular complexity index is 843. The van der Waals surface area contributed by atoms with Gasteiger partial charge in [-0.25, -0.2) is 4.79 Å². The number of rotatable bonds is 17. The SMILES string of the molecule is CCC(C)C(NC(=O)C(CCSC)NC(=O)C(CCSC)NC(=O)C(N)Cc1ccccc1)C(=O)O. The highest BCUT2D eigenvalue weighted by Gasteiger charge is 2.31. The topological polar surface area (TPSA) is 151 Å². The van der Waals surface area contributed by atoms with Gasteiger partial charge >= 0.3 is 5.97 Å². The summed E-state index contributed by atoms with van der Waals surface area (Å²) < 4.78 is 0. The first-order valence-electron chi connectivity index (χ1n) is 12.1. The molecule has 5 unspecified atom stereocenters. The molecule has 0 bridgehead atoms. The van der Waals surface area contributed by atoms with E-state index in [-0.39, 0.29) is 5.92 Å². The van der Waals surface area contributed by atoms with E-state index in [0.29, 0.717) is 37.2 Å². The van der Waals surface area contributed by atoms with Gasteiger partial charge in [0.2, 0.25) is 17.7 Å². The van der Waals surface area contributed by atoms with Crippen LogP contribution in [-0.2, 0) is 25.6 Å². The van der Waals surface area contributed by atoms with E-state index in [4.69, 9.17) is 5.73 Å². The minimum atomic E-state index is -1.12. The molecule has 0 aliphatic heterocycles. The molecule has 0 aliphatic rings. The van der Waals surface area contributed by atoms with E-state index < -0.39 is 47.9 Å². The summed E-state index contributed by atoms with van der Waals surface area (Å²) in [6.07, 6.45) is 5.36. The van der Waals surface area contributed by atoms with E-state index in [1.54, 1.807) is 6.92 Å². The van der Waals surface area contributed by atoms with Gasteiger partial charge in [-0.3, -0.25) is 14.4 Å². The number of nitrogens with two attached hydrogens (primary N) is 1. The first kappa shape index (κ1) is 31.8. The molecule has 36 heavy (non-hydrogen) atoms. The average Bonchev–Trinajstić information content (AvgIpc) is 2.86. The zero-order chi connectivity index (χ0) is 27.1. The molecular weight excluding hydrogens is 500 g/mol. The number of thioether (sulfide) groups is 2. The highest BCUT2D eigenvalue weighted by atomic mass is 32.2. The van der Waals surface area contributed by atoms with Gasteiger partial charge < -0.3 is 26.8 Å². The third-order valence-corrected chi connectivity index (χ3v) is 7.19. The van der Waals surface area contributed by atoms with Crippen molar-refractivity contribution in [1.82, 2.24) is 16.0 Å². The second-order valence-corrected chi connectivity index (χ2v) is 10.7. The first-order valence-corrected chi connectivity index (χ1v) is 14.8. The van der Waals surface area contributed by atoms with Crippen molar-refractivity contribution < 1.29 is 24.3 Å². The van der Waals surface area contributed by atoms with E-state index in [0.717, 1.165) is 5.56 Å². The third-order valence-electron chi connectivity index (χ3n) is 5.90. The van der Waals surface area contributed by atoms with Crippen LogP contribution in [0.1, 0.15) is 38.7 Å².